The summed E-state index contributed by atoms with van der Waals surface area (Å²) in [4.78, 5) is 35.7. The number of hydrogen-bond donors (Lipinski definition) is 0. The normalized spacial score (nSPS) is 11.5. The van der Waals surface area contributed by atoms with Crippen molar-refractivity contribution in [1.29, 1.82) is 0 Å². The summed E-state index contributed by atoms with van der Waals surface area (Å²) < 4.78 is 13.4. The number of unbranched alkanes of at least 4 members (excludes halogenated alkanes) is 4. The lowest BCUT2D eigenvalue weighted by molar-refractivity contribution is -0.929. The van der Waals surface area contributed by atoms with Crippen LogP contribution in [0.5, 0.6) is 0 Å². The van der Waals surface area contributed by atoms with E-state index in [0.717, 1.165) is 0 Å². The van der Waals surface area contributed by atoms with Crippen molar-refractivity contribution in [2.75, 3.05) is 26.2 Å². The van der Waals surface area contributed by atoms with Gasteiger partial charge in [-0.15, -0.1) is 0 Å². The summed E-state index contributed by atoms with van der Waals surface area (Å²) in [5, 5.41) is 0. The van der Waals surface area contributed by atoms with Crippen molar-refractivity contribution < 1.29 is 23.5 Å². The van der Waals surface area contributed by atoms with Crippen LogP contribution in [0.1, 0.15) is 99.8 Å². The van der Waals surface area contributed by atoms with Crippen molar-refractivity contribution in [3.63, 3.8) is 0 Å². The van der Waals surface area contributed by atoms with Gasteiger partial charge in [-0.2, -0.15) is 0 Å². The highest BCUT2D eigenvalue weighted by Crippen LogP contribution is 2.43. The van der Waals surface area contributed by atoms with Crippen LogP contribution in [0.3, 0.4) is 0 Å². The van der Waals surface area contributed by atoms with Gasteiger partial charge in [0.25, 0.3) is 0 Å². The molecule has 0 fully saturated rings. The van der Waals surface area contributed by atoms with E-state index >= 15 is 0 Å². The fraction of sp³-hybridized carbons (Fsp3) is 0.533. The SMILES string of the molecule is CCCC[N+](CCCC)(CCCC)CCCC.O=C(c1ccccc1)P(=O)([O-])C(=O)c1ccccc1. The zero-order valence-corrected chi connectivity index (χ0v) is 23.7. The van der Waals surface area contributed by atoms with Crippen LogP contribution in [0.15, 0.2) is 60.7 Å². The maximum absolute atomic E-state index is 12.0. The molecule has 0 aromatic heterocycles. The summed E-state index contributed by atoms with van der Waals surface area (Å²) in [7, 11) is -4.85. The molecule has 0 aliphatic rings. The second kappa shape index (κ2) is 17.4. The van der Waals surface area contributed by atoms with Gasteiger partial charge < -0.3 is 13.9 Å². The lowest BCUT2D eigenvalue weighted by Crippen LogP contribution is -2.50. The maximum atomic E-state index is 12.0. The summed E-state index contributed by atoms with van der Waals surface area (Å²) in [5.41, 5.74) is -2.32. The van der Waals surface area contributed by atoms with Gasteiger partial charge in [-0.1, -0.05) is 114 Å². The van der Waals surface area contributed by atoms with E-state index in [0.29, 0.717) is 0 Å². The molecule has 0 bridgehead atoms. The van der Waals surface area contributed by atoms with Gasteiger partial charge in [0, 0.05) is 11.1 Å². The van der Waals surface area contributed by atoms with E-state index in [1.165, 1.54) is 106 Å². The number of nitrogens with zero attached hydrogens (tertiary/aromatic N) is 1. The zero-order chi connectivity index (χ0) is 26.9. The molecule has 2 aromatic carbocycles. The largest absolute Gasteiger partial charge is 0.788 e. The lowest BCUT2D eigenvalue weighted by Gasteiger charge is -2.39. The quantitative estimate of drug-likeness (QED) is 0.174. The Labute approximate surface area is 219 Å². The lowest BCUT2D eigenvalue weighted by atomic mass is 10.1. The Hall–Kier alpha value is -2.07. The molecule has 0 spiro atoms. The molecule has 0 atom stereocenters. The Bertz CT molecular complexity index is 837. The molecule has 0 heterocycles. The molecule has 36 heavy (non-hydrogen) atoms. The highest BCUT2D eigenvalue weighted by molar-refractivity contribution is 7.89. The number of carbonyl (C=O) groups excluding carboxylic acids is 2. The fourth-order valence-corrected chi connectivity index (χ4v) is 5.40. The molecule has 0 aliphatic heterocycles. The van der Waals surface area contributed by atoms with Gasteiger partial charge in [-0.3, -0.25) is 9.59 Å². The predicted molar refractivity (Wildman–Crippen MR) is 149 cm³/mol. The summed E-state index contributed by atoms with van der Waals surface area (Å²) in [6.45, 7) is 15.0. The van der Waals surface area contributed by atoms with Gasteiger partial charge in [-0.25, -0.2) is 0 Å². The monoisotopic (exact) mass is 515 g/mol. The van der Waals surface area contributed by atoms with E-state index < -0.39 is 18.4 Å². The molecular weight excluding hydrogens is 469 g/mol. The average Bonchev–Trinajstić information content (AvgIpc) is 2.92. The van der Waals surface area contributed by atoms with Crippen molar-refractivity contribution >= 4 is 18.4 Å². The Kier molecular flexibility index (Phi) is 15.4. The van der Waals surface area contributed by atoms with Gasteiger partial charge in [0.2, 0.25) is 11.0 Å². The maximum Gasteiger partial charge on any atom is 0.214 e. The Morgan fingerprint density at radius 2 is 0.889 bits per heavy atom. The second-order valence-electron chi connectivity index (χ2n) is 9.54. The first-order valence-electron chi connectivity index (χ1n) is 13.6. The van der Waals surface area contributed by atoms with Gasteiger partial charge in [0.15, 0.2) is 7.37 Å². The number of carbonyl (C=O) groups is 2. The molecule has 5 nitrogen and oxygen atoms in total. The van der Waals surface area contributed by atoms with E-state index in [1.54, 1.807) is 36.4 Å². The Morgan fingerprint density at radius 3 is 1.14 bits per heavy atom. The number of quaternary nitrogens is 1. The van der Waals surface area contributed by atoms with E-state index in [2.05, 4.69) is 27.7 Å². The third-order valence-corrected chi connectivity index (χ3v) is 8.11. The third-order valence-electron chi connectivity index (χ3n) is 6.52. The van der Waals surface area contributed by atoms with Crippen molar-refractivity contribution in [3.8, 4) is 0 Å². The van der Waals surface area contributed by atoms with Crippen LogP contribution in [-0.2, 0) is 4.57 Å². The van der Waals surface area contributed by atoms with E-state index in [4.69, 9.17) is 0 Å². The second-order valence-corrected chi connectivity index (χ2v) is 11.5. The van der Waals surface area contributed by atoms with Crippen LogP contribution in [0.2, 0.25) is 0 Å². The average molecular weight is 516 g/mol. The molecule has 0 aliphatic carbocycles. The molecule has 2 aromatic rings. The predicted octanol–water partition coefficient (Wildman–Crippen LogP) is 7.31. The molecule has 0 unspecified atom stereocenters. The molecule has 0 amide bonds. The zero-order valence-electron chi connectivity index (χ0n) is 22.8. The fourth-order valence-electron chi connectivity index (χ4n) is 4.24. The third kappa shape index (κ3) is 10.5. The van der Waals surface area contributed by atoms with E-state index in [-0.39, 0.29) is 11.1 Å². The molecular formula is C30H46NO4P. The first kappa shape index (κ1) is 32.0. The van der Waals surface area contributed by atoms with Gasteiger partial charge in [0.05, 0.1) is 26.2 Å². The first-order chi connectivity index (χ1) is 17.3. The minimum atomic E-state index is -4.85. The molecule has 0 radical (unpaired) electrons. The summed E-state index contributed by atoms with van der Waals surface area (Å²) in [6, 6.07) is 14.9. The van der Waals surface area contributed by atoms with Crippen molar-refractivity contribution in [2.24, 2.45) is 0 Å². The summed E-state index contributed by atoms with van der Waals surface area (Å²) in [5.74, 6) is 0. The molecule has 2 rings (SSSR count). The number of hydrogen-bond acceptors (Lipinski definition) is 4. The van der Waals surface area contributed by atoms with E-state index in [9.17, 15) is 19.0 Å². The van der Waals surface area contributed by atoms with Crippen LogP contribution in [0.4, 0.5) is 0 Å². The van der Waals surface area contributed by atoms with Gasteiger partial charge in [-0.05, 0) is 25.7 Å². The summed E-state index contributed by atoms with van der Waals surface area (Å²) >= 11 is 0. The van der Waals surface area contributed by atoms with Crippen molar-refractivity contribution in [3.05, 3.63) is 71.8 Å². The smallest absolute Gasteiger partial charge is 0.214 e. The van der Waals surface area contributed by atoms with Gasteiger partial charge in [0.1, 0.15) is 0 Å². The summed E-state index contributed by atoms with van der Waals surface area (Å²) in [6.07, 6.45) is 11.1. The van der Waals surface area contributed by atoms with Crippen LogP contribution in [0.25, 0.3) is 0 Å². The molecule has 200 valence electrons. The highest BCUT2D eigenvalue weighted by Gasteiger charge is 2.29. The van der Waals surface area contributed by atoms with Gasteiger partial charge >= 0.3 is 0 Å². The Morgan fingerprint density at radius 1 is 0.611 bits per heavy atom. The van der Waals surface area contributed by atoms with E-state index in [1.807, 2.05) is 0 Å². The Balaban J connectivity index is 0.000000363. The van der Waals surface area contributed by atoms with Crippen molar-refractivity contribution in [1.82, 2.24) is 0 Å². The standard InChI is InChI=1S/C16H36N.C14H11O4P/c1-5-9-13-17(14-10-6-2,15-11-7-3)16-12-8-4;15-13(11-7-3-1-4-8-11)19(17,18)14(16)12-9-5-2-6-10-12/h5-16H2,1-4H3;1-10H,(H,17,18)/q+1;/p-1. The minimum Gasteiger partial charge on any atom is -0.788 e. The first-order valence-corrected chi connectivity index (χ1v) is 15.3. The minimum absolute atomic E-state index is 0.00915. The molecule has 0 N–H and O–H groups in total. The van der Waals surface area contributed by atoms with Crippen LogP contribution < -0.4 is 4.89 Å². The number of benzene rings is 2. The molecule has 6 heteroatoms. The molecule has 0 saturated carbocycles. The van der Waals surface area contributed by atoms with Crippen LogP contribution in [0, 0.1) is 0 Å². The van der Waals surface area contributed by atoms with Crippen LogP contribution in [-0.4, -0.2) is 41.7 Å². The number of rotatable bonds is 16. The topological polar surface area (TPSA) is 74.3 Å². The van der Waals surface area contributed by atoms with Crippen LogP contribution >= 0.6 is 7.37 Å². The van der Waals surface area contributed by atoms with Crippen molar-refractivity contribution in [2.45, 2.75) is 79.1 Å². The highest BCUT2D eigenvalue weighted by atomic mass is 31.2. The molecule has 0 saturated heterocycles.